The molecule has 0 saturated heterocycles. The monoisotopic (exact) mass is 262 g/mol. The van der Waals surface area contributed by atoms with Crippen molar-refractivity contribution in [2.24, 2.45) is 0 Å². The maximum Gasteiger partial charge on any atom is 0.389 e. The van der Waals surface area contributed by atoms with Gasteiger partial charge in [-0.05, 0) is 18.9 Å². The molecule has 1 unspecified atom stereocenters. The second-order valence-corrected chi connectivity index (χ2v) is 4.22. The van der Waals surface area contributed by atoms with Crippen LogP contribution in [0.25, 0.3) is 0 Å². The summed E-state index contributed by atoms with van der Waals surface area (Å²) in [5.41, 5.74) is 1.73. The number of alkyl halides is 3. The molecule has 1 aromatic rings. The van der Waals surface area contributed by atoms with Gasteiger partial charge < -0.3 is 9.84 Å². The van der Waals surface area contributed by atoms with E-state index in [2.05, 4.69) is 0 Å². The first-order valence-electron chi connectivity index (χ1n) is 5.77. The number of hydrogen-bond donors (Lipinski definition) is 1. The predicted molar refractivity (Wildman–Crippen MR) is 62.2 cm³/mol. The van der Waals surface area contributed by atoms with Crippen LogP contribution in [0.15, 0.2) is 24.3 Å². The van der Waals surface area contributed by atoms with Crippen LogP contribution in [0, 0.1) is 6.92 Å². The van der Waals surface area contributed by atoms with Crippen LogP contribution in [0.5, 0.6) is 0 Å². The lowest BCUT2D eigenvalue weighted by atomic mass is 10.1. The molecule has 0 aliphatic rings. The Kier molecular flexibility index (Phi) is 5.62. The largest absolute Gasteiger partial charge is 0.389 e. The normalized spacial score (nSPS) is 13.6. The number of rotatable bonds is 6. The third kappa shape index (κ3) is 6.02. The van der Waals surface area contributed by atoms with E-state index in [1.165, 1.54) is 0 Å². The predicted octanol–water partition coefficient (Wildman–Crippen LogP) is 3.39. The summed E-state index contributed by atoms with van der Waals surface area (Å²) in [4.78, 5) is 0. The fourth-order valence-corrected chi connectivity index (χ4v) is 1.54. The van der Waals surface area contributed by atoms with Crippen molar-refractivity contribution >= 4 is 0 Å². The quantitative estimate of drug-likeness (QED) is 0.796. The van der Waals surface area contributed by atoms with Crippen LogP contribution in [0.3, 0.4) is 0 Å². The lowest BCUT2D eigenvalue weighted by Crippen LogP contribution is -2.11. The first kappa shape index (κ1) is 15.0. The van der Waals surface area contributed by atoms with E-state index in [4.69, 9.17) is 4.74 Å². The van der Waals surface area contributed by atoms with Gasteiger partial charge in [0.25, 0.3) is 0 Å². The van der Waals surface area contributed by atoms with Gasteiger partial charge in [0, 0.05) is 13.0 Å². The lowest BCUT2D eigenvalue weighted by molar-refractivity contribution is -0.138. The highest BCUT2D eigenvalue weighted by molar-refractivity contribution is 5.23. The summed E-state index contributed by atoms with van der Waals surface area (Å²) in [5, 5.41) is 9.76. The molecular weight excluding hydrogens is 245 g/mol. The number of ether oxygens (including phenoxy) is 1. The molecule has 0 amide bonds. The van der Waals surface area contributed by atoms with Crippen LogP contribution in [0.4, 0.5) is 13.2 Å². The van der Waals surface area contributed by atoms with Crippen LogP contribution in [-0.2, 0) is 4.74 Å². The minimum absolute atomic E-state index is 0.00237. The molecule has 0 bridgehead atoms. The SMILES string of the molecule is Cc1cccc(C(O)COCCCC(F)(F)F)c1. The first-order chi connectivity index (χ1) is 8.38. The van der Waals surface area contributed by atoms with Crippen molar-refractivity contribution in [3.63, 3.8) is 0 Å². The fourth-order valence-electron chi connectivity index (χ4n) is 1.54. The number of aliphatic hydroxyl groups is 1. The Morgan fingerprint density at radius 1 is 1.33 bits per heavy atom. The van der Waals surface area contributed by atoms with Gasteiger partial charge in [-0.25, -0.2) is 0 Å². The molecule has 1 aromatic carbocycles. The van der Waals surface area contributed by atoms with Crippen molar-refractivity contribution in [2.75, 3.05) is 13.2 Å². The molecule has 18 heavy (non-hydrogen) atoms. The summed E-state index contributed by atoms with van der Waals surface area (Å²) in [7, 11) is 0. The zero-order valence-corrected chi connectivity index (χ0v) is 10.2. The average molecular weight is 262 g/mol. The van der Waals surface area contributed by atoms with Gasteiger partial charge in [-0.1, -0.05) is 29.8 Å². The molecule has 102 valence electrons. The van der Waals surface area contributed by atoms with E-state index >= 15 is 0 Å². The number of hydrogen-bond acceptors (Lipinski definition) is 2. The summed E-state index contributed by atoms with van der Waals surface area (Å²) in [6, 6.07) is 7.30. The van der Waals surface area contributed by atoms with Gasteiger partial charge in [0.15, 0.2) is 0 Å². The zero-order valence-electron chi connectivity index (χ0n) is 10.2. The topological polar surface area (TPSA) is 29.5 Å². The second-order valence-electron chi connectivity index (χ2n) is 4.22. The Morgan fingerprint density at radius 2 is 2.06 bits per heavy atom. The van der Waals surface area contributed by atoms with Crippen LogP contribution in [0.2, 0.25) is 0 Å². The molecule has 0 spiro atoms. The molecular formula is C13H17F3O2. The molecule has 1 N–H and O–H groups in total. The van der Waals surface area contributed by atoms with Crippen LogP contribution in [-0.4, -0.2) is 24.5 Å². The van der Waals surface area contributed by atoms with Gasteiger partial charge in [-0.3, -0.25) is 0 Å². The van der Waals surface area contributed by atoms with Gasteiger partial charge in [0.2, 0.25) is 0 Å². The number of benzene rings is 1. The van der Waals surface area contributed by atoms with E-state index in [9.17, 15) is 18.3 Å². The Balaban J connectivity index is 2.23. The molecule has 0 saturated carbocycles. The van der Waals surface area contributed by atoms with Crippen LogP contribution < -0.4 is 0 Å². The summed E-state index contributed by atoms with van der Waals surface area (Å²) in [6.45, 7) is 1.92. The summed E-state index contributed by atoms with van der Waals surface area (Å²) >= 11 is 0. The van der Waals surface area contributed by atoms with E-state index in [0.29, 0.717) is 5.56 Å². The number of halogens is 3. The molecule has 0 radical (unpaired) electrons. The molecule has 0 aliphatic heterocycles. The van der Waals surface area contributed by atoms with Gasteiger partial charge in [-0.2, -0.15) is 13.2 Å². The molecule has 5 heteroatoms. The highest BCUT2D eigenvalue weighted by Crippen LogP contribution is 2.21. The van der Waals surface area contributed by atoms with E-state index < -0.39 is 18.7 Å². The molecule has 0 aromatic heterocycles. The summed E-state index contributed by atoms with van der Waals surface area (Å²) in [6.07, 6.45) is -5.87. The highest BCUT2D eigenvalue weighted by Gasteiger charge is 2.25. The molecule has 1 rings (SSSR count). The maximum absolute atomic E-state index is 11.8. The Morgan fingerprint density at radius 3 is 2.67 bits per heavy atom. The van der Waals surface area contributed by atoms with Crippen molar-refractivity contribution < 1.29 is 23.0 Å². The molecule has 1 atom stereocenters. The summed E-state index contributed by atoms with van der Waals surface area (Å²) < 4.78 is 40.6. The van der Waals surface area contributed by atoms with Crippen molar-refractivity contribution in [3.8, 4) is 0 Å². The van der Waals surface area contributed by atoms with Gasteiger partial charge in [0.05, 0.1) is 6.61 Å². The van der Waals surface area contributed by atoms with Crippen molar-refractivity contribution in [1.82, 2.24) is 0 Å². The van der Waals surface area contributed by atoms with E-state index in [1.54, 1.807) is 6.07 Å². The van der Waals surface area contributed by atoms with Crippen molar-refractivity contribution in [1.29, 1.82) is 0 Å². The van der Waals surface area contributed by atoms with Gasteiger partial charge >= 0.3 is 6.18 Å². The van der Waals surface area contributed by atoms with Crippen LogP contribution in [0.1, 0.15) is 30.1 Å². The van der Waals surface area contributed by atoms with Gasteiger partial charge in [-0.15, -0.1) is 0 Å². The Bertz CT molecular complexity index is 363. The first-order valence-corrected chi connectivity index (χ1v) is 5.77. The molecule has 0 fully saturated rings. The standard InChI is InChI=1S/C13H17F3O2/c1-10-4-2-5-11(8-10)12(17)9-18-7-3-6-13(14,15)16/h2,4-5,8,12,17H,3,6-7,9H2,1H3. The van der Waals surface area contributed by atoms with Crippen molar-refractivity contribution in [2.45, 2.75) is 32.0 Å². The third-order valence-electron chi connectivity index (χ3n) is 2.45. The Hall–Kier alpha value is -1.07. The van der Waals surface area contributed by atoms with Crippen LogP contribution >= 0.6 is 0 Å². The minimum Gasteiger partial charge on any atom is -0.386 e. The van der Waals surface area contributed by atoms with E-state index in [1.807, 2.05) is 25.1 Å². The molecule has 0 heterocycles. The smallest absolute Gasteiger partial charge is 0.386 e. The van der Waals surface area contributed by atoms with Crippen molar-refractivity contribution in [3.05, 3.63) is 35.4 Å². The van der Waals surface area contributed by atoms with E-state index in [-0.39, 0.29) is 19.6 Å². The zero-order chi connectivity index (χ0) is 13.6. The molecule has 0 aliphatic carbocycles. The average Bonchev–Trinajstić information content (AvgIpc) is 2.26. The minimum atomic E-state index is -4.14. The second kappa shape index (κ2) is 6.75. The van der Waals surface area contributed by atoms with E-state index in [0.717, 1.165) is 5.56 Å². The number of aliphatic hydroxyl groups excluding tert-OH is 1. The lowest BCUT2D eigenvalue weighted by Gasteiger charge is -2.12. The summed E-state index contributed by atoms with van der Waals surface area (Å²) in [5.74, 6) is 0. The van der Waals surface area contributed by atoms with Gasteiger partial charge in [0.1, 0.15) is 6.10 Å². The molecule has 2 nitrogen and oxygen atoms in total. The maximum atomic E-state index is 11.8. The number of aryl methyl sites for hydroxylation is 1. The third-order valence-corrected chi connectivity index (χ3v) is 2.45. The Labute approximate surface area is 104 Å². The highest BCUT2D eigenvalue weighted by atomic mass is 19.4. The fraction of sp³-hybridized carbons (Fsp3) is 0.538.